The molecule has 2 N–H and O–H groups in total. The predicted octanol–water partition coefficient (Wildman–Crippen LogP) is 2.56. The molecule has 0 saturated heterocycles. The lowest BCUT2D eigenvalue weighted by Gasteiger charge is -2.19. The van der Waals surface area contributed by atoms with Crippen molar-refractivity contribution < 1.29 is 8.42 Å². The fourth-order valence-corrected chi connectivity index (χ4v) is 4.01. The van der Waals surface area contributed by atoms with Crippen molar-refractivity contribution in [1.82, 2.24) is 9.29 Å². The van der Waals surface area contributed by atoms with Crippen LogP contribution in [0, 0.1) is 6.92 Å². The fraction of sp³-hybridized carbons (Fsp3) is 0.214. The number of nitrogens with two attached hydrogens (primary N) is 1. The third kappa shape index (κ3) is 3.42. The minimum atomic E-state index is -3.62. The Hall–Kier alpha value is -1.44. The number of sulfonamides is 1. The summed E-state index contributed by atoms with van der Waals surface area (Å²) in [6.45, 7) is 1.95. The molecule has 0 unspecified atom stereocenters. The van der Waals surface area contributed by atoms with Crippen LogP contribution in [0.4, 0.5) is 5.69 Å². The van der Waals surface area contributed by atoms with Gasteiger partial charge in [0.25, 0.3) is 0 Å². The van der Waals surface area contributed by atoms with Gasteiger partial charge in [0, 0.05) is 36.1 Å². The number of nitrogen functional groups attached to an aromatic ring is 1. The molecule has 1 aromatic carbocycles. The summed E-state index contributed by atoms with van der Waals surface area (Å²) in [4.78, 5) is 4.20. The van der Waals surface area contributed by atoms with E-state index in [1.54, 1.807) is 44.6 Å². The number of nitrogens with zero attached hydrogens (tertiary/aromatic N) is 2. The molecule has 0 saturated carbocycles. The minimum Gasteiger partial charge on any atom is -0.398 e. The predicted molar refractivity (Wildman–Crippen MR) is 86.2 cm³/mol. The molecule has 1 aromatic heterocycles. The van der Waals surface area contributed by atoms with Gasteiger partial charge in [0.2, 0.25) is 10.0 Å². The standard InChI is InChI=1S/C14H16BrN3O2S/c1-10-13(16)6-12(15)7-14(10)21(19,20)18(2)9-11-4-3-5-17-8-11/h3-8H,9,16H2,1-2H3. The second-order valence-corrected chi connectivity index (χ2v) is 7.67. The summed E-state index contributed by atoms with van der Waals surface area (Å²) in [5, 5.41) is 0. The average molecular weight is 370 g/mol. The Balaban J connectivity index is 2.38. The summed E-state index contributed by atoms with van der Waals surface area (Å²) < 4.78 is 27.3. The first-order valence-corrected chi connectivity index (χ1v) is 8.46. The highest BCUT2D eigenvalue weighted by Gasteiger charge is 2.24. The number of pyridine rings is 1. The van der Waals surface area contributed by atoms with Crippen LogP contribution in [0.3, 0.4) is 0 Å². The molecule has 5 nitrogen and oxygen atoms in total. The molecule has 1 heterocycles. The van der Waals surface area contributed by atoms with Crippen molar-refractivity contribution in [2.75, 3.05) is 12.8 Å². The van der Waals surface area contributed by atoms with Crippen molar-refractivity contribution in [2.24, 2.45) is 0 Å². The fourth-order valence-electron chi connectivity index (χ4n) is 1.94. The molecule has 0 amide bonds. The minimum absolute atomic E-state index is 0.209. The maximum Gasteiger partial charge on any atom is 0.243 e. The summed E-state index contributed by atoms with van der Waals surface area (Å²) in [6, 6.07) is 6.87. The summed E-state index contributed by atoms with van der Waals surface area (Å²) in [5.41, 5.74) is 7.67. The zero-order valence-corrected chi connectivity index (χ0v) is 14.1. The first kappa shape index (κ1) is 15.9. The van der Waals surface area contributed by atoms with Crippen molar-refractivity contribution in [3.8, 4) is 0 Å². The monoisotopic (exact) mass is 369 g/mol. The third-order valence-corrected chi connectivity index (χ3v) is 5.57. The molecule has 0 aliphatic heterocycles. The van der Waals surface area contributed by atoms with E-state index >= 15 is 0 Å². The van der Waals surface area contributed by atoms with E-state index in [0.717, 1.165) is 5.56 Å². The van der Waals surface area contributed by atoms with E-state index < -0.39 is 10.0 Å². The van der Waals surface area contributed by atoms with E-state index in [0.29, 0.717) is 15.7 Å². The number of anilines is 1. The van der Waals surface area contributed by atoms with Crippen molar-refractivity contribution in [1.29, 1.82) is 0 Å². The molecule has 112 valence electrons. The van der Waals surface area contributed by atoms with E-state index in [9.17, 15) is 8.42 Å². The molecular weight excluding hydrogens is 354 g/mol. The second kappa shape index (κ2) is 6.13. The number of halogens is 1. The summed E-state index contributed by atoms with van der Waals surface area (Å²) in [6.07, 6.45) is 3.30. The van der Waals surface area contributed by atoms with Gasteiger partial charge in [-0.1, -0.05) is 22.0 Å². The SMILES string of the molecule is Cc1c(N)cc(Br)cc1S(=O)(=O)N(C)Cc1cccnc1. The molecule has 0 aliphatic rings. The van der Waals surface area contributed by atoms with Crippen molar-refractivity contribution >= 4 is 31.6 Å². The van der Waals surface area contributed by atoms with E-state index in [2.05, 4.69) is 20.9 Å². The Kier molecular flexibility index (Phi) is 4.65. The Morgan fingerprint density at radius 2 is 2.10 bits per heavy atom. The lowest BCUT2D eigenvalue weighted by atomic mass is 10.2. The number of hydrogen-bond acceptors (Lipinski definition) is 4. The average Bonchev–Trinajstić information content (AvgIpc) is 2.43. The molecule has 21 heavy (non-hydrogen) atoms. The Bertz CT molecular complexity index is 748. The molecule has 2 aromatic rings. The largest absolute Gasteiger partial charge is 0.398 e. The second-order valence-electron chi connectivity index (χ2n) is 4.74. The van der Waals surface area contributed by atoms with Crippen LogP contribution in [0.2, 0.25) is 0 Å². The lowest BCUT2D eigenvalue weighted by molar-refractivity contribution is 0.466. The van der Waals surface area contributed by atoms with E-state index in [1.165, 1.54) is 4.31 Å². The highest BCUT2D eigenvalue weighted by molar-refractivity contribution is 9.10. The molecule has 0 aliphatic carbocycles. The lowest BCUT2D eigenvalue weighted by Crippen LogP contribution is -2.27. The Morgan fingerprint density at radius 3 is 2.71 bits per heavy atom. The van der Waals surface area contributed by atoms with E-state index in [4.69, 9.17) is 5.73 Å². The maximum absolute atomic E-state index is 12.7. The molecule has 7 heteroatoms. The molecular formula is C14H16BrN3O2S. The van der Waals surface area contributed by atoms with Crippen LogP contribution in [0.1, 0.15) is 11.1 Å². The number of benzene rings is 1. The summed E-state index contributed by atoms with van der Waals surface area (Å²) >= 11 is 3.28. The molecule has 0 fully saturated rings. The first-order valence-electron chi connectivity index (χ1n) is 6.23. The Labute approximate surface area is 133 Å². The number of rotatable bonds is 4. The molecule has 0 atom stereocenters. The van der Waals surface area contributed by atoms with Gasteiger partial charge in [0.15, 0.2) is 0 Å². The molecule has 0 spiro atoms. The molecule has 0 radical (unpaired) electrons. The smallest absolute Gasteiger partial charge is 0.243 e. The van der Waals surface area contributed by atoms with Gasteiger partial charge >= 0.3 is 0 Å². The van der Waals surface area contributed by atoms with Gasteiger partial charge in [-0.25, -0.2) is 8.42 Å². The summed E-state index contributed by atoms with van der Waals surface area (Å²) in [7, 11) is -2.08. The van der Waals surface area contributed by atoms with Gasteiger partial charge in [0.1, 0.15) is 0 Å². The van der Waals surface area contributed by atoms with E-state index in [-0.39, 0.29) is 11.4 Å². The number of hydrogen-bond donors (Lipinski definition) is 1. The van der Waals surface area contributed by atoms with Gasteiger partial charge in [-0.15, -0.1) is 0 Å². The van der Waals surface area contributed by atoms with Crippen LogP contribution >= 0.6 is 15.9 Å². The highest BCUT2D eigenvalue weighted by Crippen LogP contribution is 2.28. The molecule has 2 rings (SSSR count). The highest BCUT2D eigenvalue weighted by atomic mass is 79.9. The zero-order chi connectivity index (χ0) is 15.6. The van der Waals surface area contributed by atoms with Crippen LogP contribution in [0.15, 0.2) is 46.0 Å². The van der Waals surface area contributed by atoms with Gasteiger partial charge in [-0.05, 0) is 36.2 Å². The first-order chi connectivity index (χ1) is 9.82. The third-order valence-electron chi connectivity index (χ3n) is 3.18. The van der Waals surface area contributed by atoms with Crippen LogP contribution in [0.25, 0.3) is 0 Å². The van der Waals surface area contributed by atoms with Crippen LogP contribution in [-0.4, -0.2) is 24.8 Å². The van der Waals surface area contributed by atoms with Gasteiger partial charge in [0.05, 0.1) is 4.90 Å². The van der Waals surface area contributed by atoms with Gasteiger partial charge < -0.3 is 5.73 Å². The maximum atomic E-state index is 12.7. The molecule has 0 bridgehead atoms. The van der Waals surface area contributed by atoms with Crippen LogP contribution < -0.4 is 5.73 Å². The topological polar surface area (TPSA) is 76.3 Å². The quantitative estimate of drug-likeness (QED) is 0.840. The van der Waals surface area contributed by atoms with Crippen molar-refractivity contribution in [3.05, 3.63) is 52.3 Å². The van der Waals surface area contributed by atoms with Gasteiger partial charge in [-0.2, -0.15) is 4.31 Å². The normalized spacial score (nSPS) is 11.8. The van der Waals surface area contributed by atoms with Crippen LogP contribution in [0.5, 0.6) is 0 Å². The zero-order valence-electron chi connectivity index (χ0n) is 11.7. The van der Waals surface area contributed by atoms with Crippen LogP contribution in [-0.2, 0) is 16.6 Å². The van der Waals surface area contributed by atoms with Crippen molar-refractivity contribution in [2.45, 2.75) is 18.4 Å². The Morgan fingerprint density at radius 1 is 1.38 bits per heavy atom. The van der Waals surface area contributed by atoms with Crippen molar-refractivity contribution in [3.63, 3.8) is 0 Å². The van der Waals surface area contributed by atoms with Gasteiger partial charge in [-0.3, -0.25) is 4.98 Å². The summed E-state index contributed by atoms with van der Waals surface area (Å²) in [5.74, 6) is 0. The number of aromatic nitrogens is 1. The van der Waals surface area contributed by atoms with E-state index in [1.807, 2.05) is 6.07 Å².